The maximum Gasteiger partial charge on any atom is 0.270 e. The van der Waals surface area contributed by atoms with E-state index < -0.39 is 11.0 Å². The first kappa shape index (κ1) is 14.2. The van der Waals surface area contributed by atoms with E-state index in [4.69, 9.17) is 5.84 Å². The van der Waals surface area contributed by atoms with Crippen LogP contribution in [0.25, 0.3) is 0 Å². The van der Waals surface area contributed by atoms with Gasteiger partial charge in [-0.25, -0.2) is 0 Å². The molecule has 0 atom stereocenters. The molecule has 8 nitrogen and oxygen atoms in total. The van der Waals surface area contributed by atoms with Crippen LogP contribution in [0.5, 0.6) is 0 Å². The van der Waals surface area contributed by atoms with Crippen LogP contribution in [0.4, 0.5) is 11.4 Å². The van der Waals surface area contributed by atoms with E-state index in [0.29, 0.717) is 31.6 Å². The molecule has 8 heteroatoms. The number of carbonyl (C=O) groups excluding carboxylic acids is 1. The fourth-order valence-electron chi connectivity index (χ4n) is 2.19. The molecule has 1 aromatic carbocycles. The molecular formula is C12H16N4O4. The van der Waals surface area contributed by atoms with Gasteiger partial charge in [0.1, 0.15) is 0 Å². The lowest BCUT2D eigenvalue weighted by atomic mass is 10.1. The van der Waals surface area contributed by atoms with Gasteiger partial charge in [0.25, 0.3) is 11.6 Å². The van der Waals surface area contributed by atoms with Gasteiger partial charge < -0.3 is 15.4 Å². The molecule has 0 unspecified atom stereocenters. The summed E-state index contributed by atoms with van der Waals surface area (Å²) in [6.45, 7) is 0.847. The molecule has 0 bridgehead atoms. The molecule has 1 aliphatic heterocycles. The number of aliphatic hydroxyl groups is 1. The molecule has 0 aromatic heterocycles. The van der Waals surface area contributed by atoms with Gasteiger partial charge in [0.15, 0.2) is 0 Å². The molecule has 1 saturated heterocycles. The smallest absolute Gasteiger partial charge is 0.270 e. The molecule has 0 radical (unpaired) electrons. The number of hydrazine groups is 1. The number of benzene rings is 1. The average molecular weight is 280 g/mol. The number of hydrogen-bond acceptors (Lipinski definition) is 6. The minimum atomic E-state index is -0.558. The molecule has 1 aromatic rings. The molecule has 1 fully saturated rings. The number of nitrogens with two attached hydrogens (primary N) is 1. The van der Waals surface area contributed by atoms with E-state index >= 15 is 0 Å². The lowest BCUT2D eigenvalue weighted by Gasteiger charge is -2.30. The number of non-ortho nitro benzene ring substituents is 1. The van der Waals surface area contributed by atoms with Crippen molar-refractivity contribution < 1.29 is 14.8 Å². The summed E-state index contributed by atoms with van der Waals surface area (Å²) in [7, 11) is 0. The second-order valence-corrected chi connectivity index (χ2v) is 4.65. The van der Waals surface area contributed by atoms with Crippen molar-refractivity contribution >= 4 is 17.3 Å². The van der Waals surface area contributed by atoms with Crippen LogP contribution in [0, 0.1) is 10.1 Å². The highest BCUT2D eigenvalue weighted by Gasteiger charge is 2.25. The summed E-state index contributed by atoms with van der Waals surface area (Å²) in [5.41, 5.74) is 2.71. The number of nitro groups is 1. The van der Waals surface area contributed by atoms with E-state index in [9.17, 15) is 20.0 Å². The Morgan fingerprint density at radius 3 is 2.65 bits per heavy atom. The van der Waals surface area contributed by atoms with Crippen LogP contribution in [0.2, 0.25) is 0 Å². The number of nitrogens with zero attached hydrogens (tertiary/aromatic N) is 2. The van der Waals surface area contributed by atoms with Crippen molar-refractivity contribution in [3.63, 3.8) is 0 Å². The molecular weight excluding hydrogens is 264 g/mol. The summed E-state index contributed by atoms with van der Waals surface area (Å²) in [4.78, 5) is 24.2. The highest BCUT2D eigenvalue weighted by Crippen LogP contribution is 2.24. The number of nitrogens with one attached hydrogen (secondary N) is 1. The van der Waals surface area contributed by atoms with E-state index in [0.717, 1.165) is 0 Å². The van der Waals surface area contributed by atoms with E-state index in [2.05, 4.69) is 5.43 Å². The number of carbonyl (C=O) groups is 1. The highest BCUT2D eigenvalue weighted by atomic mass is 16.6. The van der Waals surface area contributed by atoms with Gasteiger partial charge in [-0.05, 0) is 18.9 Å². The Balaban J connectivity index is 2.27. The van der Waals surface area contributed by atoms with Crippen LogP contribution in [0.15, 0.2) is 18.2 Å². The Hall–Kier alpha value is -2.19. The zero-order valence-corrected chi connectivity index (χ0v) is 10.8. The third-order valence-corrected chi connectivity index (χ3v) is 3.35. The molecule has 1 aliphatic rings. The first-order chi connectivity index (χ1) is 9.52. The Labute approximate surface area is 115 Å². The van der Waals surface area contributed by atoms with Crippen LogP contribution < -0.4 is 11.3 Å². The van der Waals surface area contributed by atoms with Gasteiger partial charge in [-0.1, -0.05) is 0 Å². The molecule has 1 amide bonds. The first-order valence-electron chi connectivity index (χ1n) is 6.25. The predicted molar refractivity (Wildman–Crippen MR) is 72.1 cm³/mol. The summed E-state index contributed by atoms with van der Waals surface area (Å²) in [6, 6.07) is 3.90. The summed E-state index contributed by atoms with van der Waals surface area (Å²) in [5, 5.41) is 20.2. The number of nitro benzene ring substituents is 1. The van der Waals surface area contributed by atoms with Gasteiger partial charge in [0.05, 0.1) is 22.3 Å². The van der Waals surface area contributed by atoms with Crippen molar-refractivity contribution in [2.45, 2.75) is 18.9 Å². The van der Waals surface area contributed by atoms with Crippen LogP contribution >= 0.6 is 0 Å². The fraction of sp³-hybridized carbons (Fsp3) is 0.417. The Bertz CT molecular complexity index is 526. The van der Waals surface area contributed by atoms with Crippen LogP contribution in [-0.2, 0) is 0 Å². The lowest BCUT2D eigenvalue weighted by molar-refractivity contribution is -0.384. The van der Waals surface area contributed by atoms with Gasteiger partial charge in [-0.2, -0.15) is 0 Å². The minimum absolute atomic E-state index is 0.163. The van der Waals surface area contributed by atoms with Crippen molar-refractivity contribution in [3.05, 3.63) is 33.9 Å². The maximum atomic E-state index is 12.4. The van der Waals surface area contributed by atoms with Gasteiger partial charge in [0, 0.05) is 25.2 Å². The zero-order valence-electron chi connectivity index (χ0n) is 10.8. The Kier molecular flexibility index (Phi) is 4.16. The second kappa shape index (κ2) is 5.85. The minimum Gasteiger partial charge on any atom is -0.393 e. The van der Waals surface area contributed by atoms with Gasteiger partial charge in [-0.3, -0.25) is 20.8 Å². The van der Waals surface area contributed by atoms with E-state index in [1.54, 1.807) is 4.90 Å². The topological polar surface area (TPSA) is 122 Å². The summed E-state index contributed by atoms with van der Waals surface area (Å²) in [5.74, 6) is 5.01. The average Bonchev–Trinajstić information content (AvgIpc) is 2.46. The van der Waals surface area contributed by atoms with Gasteiger partial charge in [0.2, 0.25) is 0 Å². The fourth-order valence-corrected chi connectivity index (χ4v) is 2.19. The van der Waals surface area contributed by atoms with E-state index in [-0.39, 0.29) is 17.2 Å². The number of likely N-dealkylation sites (tertiary alicyclic amines) is 1. The number of hydrogen-bond donors (Lipinski definition) is 3. The number of amides is 1. The number of anilines is 1. The van der Waals surface area contributed by atoms with E-state index in [1.165, 1.54) is 18.2 Å². The number of piperidine rings is 1. The standard InChI is InChI=1S/C12H16N4O4/c13-14-11-2-1-8(16(19)20)7-10(11)12(18)15-5-3-9(17)4-6-15/h1-2,7,9,14,17H,3-6,13H2. The molecule has 108 valence electrons. The second-order valence-electron chi connectivity index (χ2n) is 4.65. The van der Waals surface area contributed by atoms with Crippen molar-refractivity contribution in [1.29, 1.82) is 0 Å². The summed E-state index contributed by atoms with van der Waals surface area (Å²) < 4.78 is 0. The largest absolute Gasteiger partial charge is 0.393 e. The third-order valence-electron chi connectivity index (χ3n) is 3.35. The summed E-state index contributed by atoms with van der Waals surface area (Å²) in [6.07, 6.45) is 0.620. The first-order valence-corrected chi connectivity index (χ1v) is 6.25. The highest BCUT2D eigenvalue weighted by molar-refractivity contribution is 6.00. The molecule has 2 rings (SSSR count). The molecule has 4 N–H and O–H groups in total. The monoisotopic (exact) mass is 280 g/mol. The van der Waals surface area contributed by atoms with Crippen molar-refractivity contribution in [2.75, 3.05) is 18.5 Å². The van der Waals surface area contributed by atoms with Crippen molar-refractivity contribution in [1.82, 2.24) is 4.90 Å². The van der Waals surface area contributed by atoms with Crippen LogP contribution in [-0.4, -0.2) is 40.0 Å². The molecule has 20 heavy (non-hydrogen) atoms. The number of nitrogen functional groups attached to an aromatic ring is 1. The van der Waals surface area contributed by atoms with Crippen LogP contribution in [0.1, 0.15) is 23.2 Å². The normalized spacial score (nSPS) is 16.0. The van der Waals surface area contributed by atoms with Gasteiger partial charge in [-0.15, -0.1) is 0 Å². The van der Waals surface area contributed by atoms with Crippen molar-refractivity contribution in [3.8, 4) is 0 Å². The quantitative estimate of drug-likeness (QED) is 0.420. The third kappa shape index (κ3) is 2.86. The maximum absolute atomic E-state index is 12.4. The zero-order chi connectivity index (χ0) is 14.7. The molecule has 0 spiro atoms. The Morgan fingerprint density at radius 2 is 2.10 bits per heavy atom. The van der Waals surface area contributed by atoms with E-state index in [1.807, 2.05) is 0 Å². The molecule has 1 heterocycles. The SMILES string of the molecule is NNc1ccc([N+](=O)[O-])cc1C(=O)N1CCC(O)CC1. The number of rotatable bonds is 3. The predicted octanol–water partition coefficient (Wildman–Crippen LogP) is 0.477. The van der Waals surface area contributed by atoms with Gasteiger partial charge >= 0.3 is 0 Å². The summed E-state index contributed by atoms with van der Waals surface area (Å²) >= 11 is 0. The van der Waals surface area contributed by atoms with Crippen molar-refractivity contribution in [2.24, 2.45) is 5.84 Å². The molecule has 0 saturated carbocycles. The lowest BCUT2D eigenvalue weighted by Crippen LogP contribution is -2.40. The number of aliphatic hydroxyl groups excluding tert-OH is 1. The Morgan fingerprint density at radius 1 is 1.45 bits per heavy atom. The molecule has 0 aliphatic carbocycles. The van der Waals surface area contributed by atoms with Crippen LogP contribution in [0.3, 0.4) is 0 Å².